The van der Waals surface area contributed by atoms with Crippen LogP contribution in [0.15, 0.2) is 23.0 Å². The lowest BCUT2D eigenvalue weighted by Crippen LogP contribution is -2.59. The number of nitrogens with one attached hydrogen (secondary N) is 1. The van der Waals surface area contributed by atoms with Crippen molar-refractivity contribution in [1.82, 2.24) is 14.9 Å². The monoisotopic (exact) mass is 271 g/mol. The number of fused-ring (bicyclic) bond motifs is 1. The number of hydrogen-bond acceptors (Lipinski definition) is 3. The summed E-state index contributed by atoms with van der Waals surface area (Å²) in [4.78, 5) is 33.2. The Kier molecular flexibility index (Phi) is 2.55. The van der Waals surface area contributed by atoms with Crippen molar-refractivity contribution in [2.75, 3.05) is 6.54 Å². The van der Waals surface area contributed by atoms with Gasteiger partial charge in [0.1, 0.15) is 11.5 Å². The molecular weight excluding hydrogens is 254 g/mol. The number of aromatic amines is 1. The van der Waals surface area contributed by atoms with Crippen LogP contribution >= 0.6 is 0 Å². The van der Waals surface area contributed by atoms with Crippen LogP contribution in [-0.4, -0.2) is 33.4 Å². The minimum absolute atomic E-state index is 0.0884. The van der Waals surface area contributed by atoms with Gasteiger partial charge in [0, 0.05) is 30.5 Å². The normalized spacial score (nSPS) is 27.9. The fourth-order valence-corrected chi connectivity index (χ4v) is 3.20. The second kappa shape index (κ2) is 4.30. The van der Waals surface area contributed by atoms with Crippen LogP contribution in [0.4, 0.5) is 0 Å². The van der Waals surface area contributed by atoms with Gasteiger partial charge in [-0.15, -0.1) is 0 Å². The zero-order valence-electron chi connectivity index (χ0n) is 11.2. The summed E-state index contributed by atoms with van der Waals surface area (Å²) in [5.41, 5.74) is 0.0921. The predicted molar refractivity (Wildman–Crippen MR) is 73.5 cm³/mol. The summed E-state index contributed by atoms with van der Waals surface area (Å²) in [7, 11) is 0. The van der Waals surface area contributed by atoms with Gasteiger partial charge in [0.05, 0.1) is 0 Å². The summed E-state index contributed by atoms with van der Waals surface area (Å²) < 4.78 is 0. The lowest BCUT2D eigenvalue weighted by Gasteiger charge is -2.49. The standard InChI is InChI=1S/C15H17N3O2/c19-13-7-11(16-14(17-13)9-5-6-9)15(20)18-8-10-3-1-2-4-12(10)18/h1-2,7,9-10,12H,3-6,8H2,(H,16,17,19)/t10-,12-/m0/s1. The molecule has 5 nitrogen and oxygen atoms in total. The zero-order valence-corrected chi connectivity index (χ0v) is 11.2. The molecule has 20 heavy (non-hydrogen) atoms. The first-order valence-corrected chi connectivity index (χ1v) is 7.29. The number of nitrogens with zero attached hydrogens (tertiary/aromatic N) is 2. The van der Waals surface area contributed by atoms with Gasteiger partial charge in [-0.3, -0.25) is 9.59 Å². The molecule has 0 radical (unpaired) electrons. The van der Waals surface area contributed by atoms with E-state index in [4.69, 9.17) is 0 Å². The number of carbonyl (C=O) groups is 1. The molecule has 0 bridgehead atoms. The zero-order chi connectivity index (χ0) is 13.7. The first-order chi connectivity index (χ1) is 9.72. The molecule has 0 aromatic carbocycles. The van der Waals surface area contributed by atoms with Crippen LogP contribution in [0.2, 0.25) is 0 Å². The predicted octanol–water partition coefficient (Wildman–Crippen LogP) is 1.44. The van der Waals surface area contributed by atoms with E-state index >= 15 is 0 Å². The first-order valence-electron chi connectivity index (χ1n) is 7.29. The van der Waals surface area contributed by atoms with Crippen LogP contribution in [0.1, 0.15) is 47.9 Å². The third-order valence-electron chi connectivity index (χ3n) is 4.56. The van der Waals surface area contributed by atoms with Gasteiger partial charge in [0.25, 0.3) is 11.5 Å². The van der Waals surface area contributed by atoms with Crippen molar-refractivity contribution < 1.29 is 4.79 Å². The number of rotatable bonds is 2. The lowest BCUT2D eigenvalue weighted by atomic mass is 9.80. The van der Waals surface area contributed by atoms with E-state index in [0.29, 0.717) is 29.4 Å². The summed E-state index contributed by atoms with van der Waals surface area (Å²) in [6.45, 7) is 0.793. The van der Waals surface area contributed by atoms with E-state index in [0.717, 1.165) is 32.2 Å². The topological polar surface area (TPSA) is 66.1 Å². The van der Waals surface area contributed by atoms with Crippen molar-refractivity contribution in [3.05, 3.63) is 40.1 Å². The first kappa shape index (κ1) is 11.9. The Hall–Kier alpha value is -1.91. The van der Waals surface area contributed by atoms with Gasteiger partial charge in [-0.05, 0) is 25.7 Å². The van der Waals surface area contributed by atoms with Crippen LogP contribution in [-0.2, 0) is 0 Å². The minimum Gasteiger partial charge on any atom is -0.333 e. The molecule has 0 unspecified atom stereocenters. The van der Waals surface area contributed by atoms with E-state index < -0.39 is 0 Å². The number of amides is 1. The van der Waals surface area contributed by atoms with Crippen LogP contribution < -0.4 is 5.56 Å². The van der Waals surface area contributed by atoms with Crippen LogP contribution in [0.5, 0.6) is 0 Å². The molecule has 3 aliphatic rings. The molecule has 1 amide bonds. The summed E-state index contributed by atoms with van der Waals surface area (Å²) in [6.07, 6.45) is 8.43. The maximum absolute atomic E-state index is 12.5. The molecule has 1 aromatic rings. The number of allylic oxidation sites excluding steroid dienone is 1. The number of carbonyl (C=O) groups excluding carboxylic acids is 1. The highest BCUT2D eigenvalue weighted by Gasteiger charge is 2.42. The SMILES string of the molecule is O=C(c1cc(=O)[nH]c(C2CC2)n1)N1C[C@@H]2CC=CC[C@@H]21. The molecule has 2 fully saturated rings. The maximum Gasteiger partial charge on any atom is 0.273 e. The highest BCUT2D eigenvalue weighted by atomic mass is 16.2. The van der Waals surface area contributed by atoms with Crippen molar-refractivity contribution in [3.63, 3.8) is 0 Å². The molecule has 5 heteroatoms. The quantitative estimate of drug-likeness (QED) is 0.828. The van der Waals surface area contributed by atoms with Gasteiger partial charge in [-0.25, -0.2) is 4.98 Å². The molecule has 104 valence electrons. The molecule has 1 saturated carbocycles. The average Bonchev–Trinajstić information content (AvgIpc) is 3.23. The van der Waals surface area contributed by atoms with Crippen LogP contribution in [0, 0.1) is 5.92 Å². The lowest BCUT2D eigenvalue weighted by molar-refractivity contribution is 0.0137. The summed E-state index contributed by atoms with van der Waals surface area (Å²) in [5, 5.41) is 0. The summed E-state index contributed by atoms with van der Waals surface area (Å²) in [5.74, 6) is 1.53. The third kappa shape index (κ3) is 1.88. The number of aromatic nitrogens is 2. The van der Waals surface area contributed by atoms with E-state index in [-0.39, 0.29) is 11.5 Å². The number of likely N-dealkylation sites (tertiary alicyclic amines) is 1. The largest absolute Gasteiger partial charge is 0.333 e. The maximum atomic E-state index is 12.5. The fourth-order valence-electron chi connectivity index (χ4n) is 3.20. The molecule has 1 saturated heterocycles. The van der Waals surface area contributed by atoms with E-state index in [2.05, 4.69) is 22.1 Å². The van der Waals surface area contributed by atoms with Crippen molar-refractivity contribution in [2.45, 2.75) is 37.6 Å². The van der Waals surface area contributed by atoms with Gasteiger partial charge in [-0.2, -0.15) is 0 Å². The van der Waals surface area contributed by atoms with E-state index in [1.807, 2.05) is 4.90 Å². The second-order valence-corrected chi connectivity index (χ2v) is 6.02. The van der Waals surface area contributed by atoms with Gasteiger partial charge in [0.15, 0.2) is 0 Å². The highest BCUT2D eigenvalue weighted by molar-refractivity contribution is 5.93. The van der Waals surface area contributed by atoms with Crippen molar-refractivity contribution in [3.8, 4) is 0 Å². The molecule has 2 heterocycles. The van der Waals surface area contributed by atoms with Gasteiger partial charge in [-0.1, -0.05) is 12.2 Å². The van der Waals surface area contributed by atoms with Gasteiger partial charge < -0.3 is 9.88 Å². The summed E-state index contributed by atoms with van der Waals surface area (Å²) >= 11 is 0. The van der Waals surface area contributed by atoms with Crippen molar-refractivity contribution >= 4 is 5.91 Å². The molecule has 1 N–H and O–H groups in total. The third-order valence-corrected chi connectivity index (χ3v) is 4.56. The molecule has 4 rings (SSSR count). The van der Waals surface area contributed by atoms with Gasteiger partial charge in [0.2, 0.25) is 0 Å². The summed E-state index contributed by atoms with van der Waals surface area (Å²) in [6, 6.07) is 1.64. The number of hydrogen-bond donors (Lipinski definition) is 1. The highest BCUT2D eigenvalue weighted by Crippen LogP contribution is 2.38. The van der Waals surface area contributed by atoms with E-state index in [1.54, 1.807) is 0 Å². The van der Waals surface area contributed by atoms with Crippen LogP contribution in [0.25, 0.3) is 0 Å². The smallest absolute Gasteiger partial charge is 0.273 e. The Bertz CT molecular complexity index is 645. The number of H-pyrrole nitrogens is 1. The Labute approximate surface area is 116 Å². The van der Waals surface area contributed by atoms with E-state index in [9.17, 15) is 9.59 Å². The van der Waals surface area contributed by atoms with Gasteiger partial charge >= 0.3 is 0 Å². The van der Waals surface area contributed by atoms with Crippen LogP contribution in [0.3, 0.4) is 0 Å². The molecule has 1 aliphatic heterocycles. The second-order valence-electron chi connectivity index (χ2n) is 6.02. The molecule has 2 aliphatic carbocycles. The van der Waals surface area contributed by atoms with E-state index in [1.165, 1.54) is 6.07 Å². The Morgan fingerprint density at radius 3 is 2.85 bits per heavy atom. The molecular formula is C15H17N3O2. The van der Waals surface area contributed by atoms with Crippen molar-refractivity contribution in [2.24, 2.45) is 5.92 Å². The molecule has 0 spiro atoms. The Morgan fingerprint density at radius 2 is 2.10 bits per heavy atom. The molecule has 1 aromatic heterocycles. The average molecular weight is 271 g/mol. The Balaban J connectivity index is 1.59. The Morgan fingerprint density at radius 1 is 1.30 bits per heavy atom. The van der Waals surface area contributed by atoms with Crippen molar-refractivity contribution in [1.29, 1.82) is 0 Å². The minimum atomic E-state index is -0.217. The molecule has 2 atom stereocenters. The fraction of sp³-hybridized carbons (Fsp3) is 0.533.